The van der Waals surface area contributed by atoms with E-state index in [1.807, 2.05) is 0 Å². The van der Waals surface area contributed by atoms with Gasteiger partial charge in [-0.15, -0.1) is 0 Å². The summed E-state index contributed by atoms with van der Waals surface area (Å²) in [6, 6.07) is 0. The Morgan fingerprint density at radius 3 is 2.50 bits per heavy atom. The summed E-state index contributed by atoms with van der Waals surface area (Å²) in [6.45, 7) is 3.00. The molecule has 1 atom stereocenters. The first kappa shape index (κ1) is 10.4. The smallest absolute Gasteiger partial charge is 0.0873 e. The molecule has 0 amide bonds. The molecule has 0 aliphatic carbocycles. The van der Waals surface area contributed by atoms with Crippen molar-refractivity contribution >= 4 is 0 Å². The van der Waals surface area contributed by atoms with E-state index < -0.39 is 11.1 Å². The van der Waals surface area contributed by atoms with Crippen molar-refractivity contribution in [2.24, 2.45) is 5.73 Å². The van der Waals surface area contributed by atoms with E-state index in [9.17, 15) is 5.11 Å². The number of aliphatic hydroxyl groups is 1. The normalized spacial score (nSPS) is 38.1. The summed E-state index contributed by atoms with van der Waals surface area (Å²) in [4.78, 5) is 0. The van der Waals surface area contributed by atoms with E-state index in [2.05, 4.69) is 5.32 Å². The van der Waals surface area contributed by atoms with Gasteiger partial charge >= 0.3 is 0 Å². The van der Waals surface area contributed by atoms with Crippen LogP contribution in [0.2, 0.25) is 0 Å². The van der Waals surface area contributed by atoms with Gasteiger partial charge in [0.05, 0.1) is 17.7 Å². The van der Waals surface area contributed by atoms with Crippen molar-refractivity contribution in [3.8, 4) is 0 Å². The molecule has 4 N–H and O–H groups in total. The summed E-state index contributed by atoms with van der Waals surface area (Å²) in [5, 5.41) is 13.8. The minimum atomic E-state index is -0.724. The standard InChI is InChI=1S/C10H20N2O2/c11-9(2-1-7-14-8-9)10(13)3-5-12-6-4-10/h12-13H,1-8,11H2. The highest BCUT2D eigenvalue weighted by Gasteiger charge is 2.48. The molecule has 0 aromatic rings. The van der Waals surface area contributed by atoms with Crippen molar-refractivity contribution in [1.29, 1.82) is 0 Å². The van der Waals surface area contributed by atoms with Gasteiger partial charge in [-0.1, -0.05) is 0 Å². The van der Waals surface area contributed by atoms with Crippen LogP contribution >= 0.6 is 0 Å². The van der Waals surface area contributed by atoms with Crippen molar-refractivity contribution in [2.45, 2.75) is 36.8 Å². The average Bonchev–Trinajstić information content (AvgIpc) is 2.20. The Morgan fingerprint density at radius 1 is 1.21 bits per heavy atom. The molecule has 82 valence electrons. The molecule has 4 heteroatoms. The van der Waals surface area contributed by atoms with E-state index in [1.165, 1.54) is 0 Å². The molecular formula is C10H20N2O2. The molecule has 0 bridgehead atoms. The Hall–Kier alpha value is -0.160. The molecule has 0 radical (unpaired) electrons. The van der Waals surface area contributed by atoms with Gasteiger partial charge in [-0.25, -0.2) is 0 Å². The van der Waals surface area contributed by atoms with Crippen molar-refractivity contribution in [2.75, 3.05) is 26.3 Å². The van der Waals surface area contributed by atoms with Crippen molar-refractivity contribution < 1.29 is 9.84 Å². The largest absolute Gasteiger partial charge is 0.388 e. The van der Waals surface area contributed by atoms with Crippen molar-refractivity contribution in [1.82, 2.24) is 5.32 Å². The molecule has 2 rings (SSSR count). The van der Waals surface area contributed by atoms with E-state index in [0.29, 0.717) is 6.61 Å². The first-order chi connectivity index (χ1) is 6.66. The number of hydrogen-bond acceptors (Lipinski definition) is 4. The minimum Gasteiger partial charge on any atom is -0.388 e. The van der Waals surface area contributed by atoms with E-state index in [-0.39, 0.29) is 0 Å². The first-order valence-electron chi connectivity index (χ1n) is 5.46. The SMILES string of the molecule is NC1(C2(O)CCNCC2)CCCOC1. The minimum absolute atomic E-state index is 0.503. The maximum atomic E-state index is 10.5. The Morgan fingerprint density at radius 2 is 1.93 bits per heavy atom. The molecule has 0 spiro atoms. The molecule has 4 nitrogen and oxygen atoms in total. The van der Waals surface area contributed by atoms with Crippen LogP contribution in [0.1, 0.15) is 25.7 Å². The van der Waals surface area contributed by atoms with Gasteiger partial charge in [0.25, 0.3) is 0 Å². The molecule has 2 fully saturated rings. The second kappa shape index (κ2) is 3.77. The average molecular weight is 200 g/mol. The Labute approximate surface area is 84.8 Å². The summed E-state index contributed by atoms with van der Waals surface area (Å²) >= 11 is 0. The van der Waals surface area contributed by atoms with Crippen LogP contribution in [0, 0.1) is 0 Å². The molecular weight excluding hydrogens is 180 g/mol. The van der Waals surface area contributed by atoms with Crippen LogP contribution in [0.15, 0.2) is 0 Å². The van der Waals surface area contributed by atoms with Gasteiger partial charge in [-0.2, -0.15) is 0 Å². The van der Waals surface area contributed by atoms with Gasteiger partial charge in [0.1, 0.15) is 0 Å². The predicted octanol–water partition coefficient (Wildman–Crippen LogP) is -0.391. The van der Waals surface area contributed by atoms with Gasteiger partial charge in [0.2, 0.25) is 0 Å². The highest BCUT2D eigenvalue weighted by molar-refractivity contribution is 5.06. The number of ether oxygens (including phenoxy) is 1. The summed E-state index contributed by atoms with van der Waals surface area (Å²) in [7, 11) is 0. The fraction of sp³-hybridized carbons (Fsp3) is 1.00. The van der Waals surface area contributed by atoms with Gasteiger partial charge in [-0.05, 0) is 38.8 Å². The van der Waals surface area contributed by atoms with E-state index in [1.54, 1.807) is 0 Å². The predicted molar refractivity (Wildman–Crippen MR) is 54.0 cm³/mol. The number of piperidine rings is 1. The third kappa shape index (κ3) is 1.67. The lowest BCUT2D eigenvalue weighted by molar-refractivity contribution is -0.111. The monoisotopic (exact) mass is 200 g/mol. The van der Waals surface area contributed by atoms with E-state index in [0.717, 1.165) is 45.4 Å². The molecule has 0 saturated carbocycles. The zero-order valence-electron chi connectivity index (χ0n) is 8.59. The fourth-order valence-electron chi connectivity index (χ4n) is 2.52. The Bertz CT molecular complexity index is 174. The van der Waals surface area contributed by atoms with Crippen LogP contribution in [-0.4, -0.2) is 42.5 Å². The Kier molecular flexibility index (Phi) is 2.79. The van der Waals surface area contributed by atoms with Gasteiger partial charge in [0.15, 0.2) is 0 Å². The van der Waals surface area contributed by atoms with Crippen molar-refractivity contribution in [3.63, 3.8) is 0 Å². The van der Waals surface area contributed by atoms with Crippen LogP contribution in [0.4, 0.5) is 0 Å². The second-order valence-corrected chi connectivity index (χ2v) is 4.59. The zero-order chi connectivity index (χ0) is 10.1. The summed E-state index contributed by atoms with van der Waals surface area (Å²) in [6.07, 6.45) is 3.33. The lowest BCUT2D eigenvalue weighted by atomic mass is 9.71. The van der Waals surface area contributed by atoms with Crippen LogP contribution < -0.4 is 11.1 Å². The highest BCUT2D eigenvalue weighted by atomic mass is 16.5. The first-order valence-corrected chi connectivity index (χ1v) is 5.46. The van der Waals surface area contributed by atoms with Crippen LogP contribution in [-0.2, 0) is 4.74 Å². The maximum absolute atomic E-state index is 10.5. The second-order valence-electron chi connectivity index (χ2n) is 4.59. The number of rotatable bonds is 1. The molecule has 2 aliphatic rings. The molecule has 0 aromatic heterocycles. The number of hydrogen-bond donors (Lipinski definition) is 3. The van der Waals surface area contributed by atoms with Gasteiger partial charge in [0, 0.05) is 6.61 Å². The maximum Gasteiger partial charge on any atom is 0.0873 e. The third-order valence-corrected chi connectivity index (χ3v) is 3.63. The summed E-state index contributed by atoms with van der Waals surface area (Å²) in [5.41, 5.74) is 5.02. The zero-order valence-corrected chi connectivity index (χ0v) is 8.59. The lowest BCUT2D eigenvalue weighted by Crippen LogP contribution is -2.67. The summed E-state index contributed by atoms with van der Waals surface area (Å²) < 4.78 is 5.40. The molecule has 2 heterocycles. The van der Waals surface area contributed by atoms with E-state index in [4.69, 9.17) is 10.5 Å². The molecule has 2 aliphatic heterocycles. The molecule has 14 heavy (non-hydrogen) atoms. The lowest BCUT2D eigenvalue weighted by Gasteiger charge is -2.48. The van der Waals surface area contributed by atoms with Crippen LogP contribution in [0.25, 0.3) is 0 Å². The summed E-state index contributed by atoms with van der Waals surface area (Å²) in [5.74, 6) is 0. The Balaban J connectivity index is 2.09. The quantitative estimate of drug-likeness (QED) is 0.539. The third-order valence-electron chi connectivity index (χ3n) is 3.63. The van der Waals surface area contributed by atoms with Gasteiger partial charge in [-0.3, -0.25) is 0 Å². The van der Waals surface area contributed by atoms with Crippen molar-refractivity contribution in [3.05, 3.63) is 0 Å². The van der Waals surface area contributed by atoms with Crippen LogP contribution in [0.3, 0.4) is 0 Å². The van der Waals surface area contributed by atoms with E-state index >= 15 is 0 Å². The molecule has 0 aromatic carbocycles. The highest BCUT2D eigenvalue weighted by Crippen LogP contribution is 2.34. The van der Waals surface area contributed by atoms with Crippen LogP contribution in [0.5, 0.6) is 0 Å². The molecule has 2 saturated heterocycles. The number of nitrogens with two attached hydrogens (primary N) is 1. The number of nitrogens with one attached hydrogen (secondary N) is 1. The topological polar surface area (TPSA) is 67.5 Å². The fourth-order valence-corrected chi connectivity index (χ4v) is 2.52. The van der Waals surface area contributed by atoms with Gasteiger partial charge < -0.3 is 20.9 Å². The molecule has 1 unspecified atom stereocenters.